The van der Waals surface area contributed by atoms with Gasteiger partial charge in [-0.1, -0.05) is 11.6 Å². The molecule has 0 bridgehead atoms. The summed E-state index contributed by atoms with van der Waals surface area (Å²) in [5.74, 6) is -0.400. The van der Waals surface area contributed by atoms with E-state index in [0.29, 0.717) is 24.7 Å². The third kappa shape index (κ3) is 3.12. The monoisotopic (exact) mass is 348 g/mol. The topological polar surface area (TPSA) is 82.4 Å². The normalized spacial score (nSPS) is 19.0. The van der Waals surface area contributed by atoms with Gasteiger partial charge < -0.3 is 15.6 Å². The maximum Gasteiger partial charge on any atom is 0.236 e. The summed E-state index contributed by atoms with van der Waals surface area (Å²) in [6.07, 6.45) is 0.279. The van der Waals surface area contributed by atoms with Crippen molar-refractivity contribution in [2.75, 3.05) is 26.7 Å². The number of nitrogens with zero attached hydrogens (tertiary/aromatic N) is 2. The number of nitrogens with two attached hydrogens (primary N) is 1. The van der Waals surface area contributed by atoms with Crippen LogP contribution < -0.4 is 5.73 Å². The highest BCUT2D eigenvalue weighted by Gasteiger charge is 2.31. The number of likely N-dealkylation sites (N-methyl/N-ethyl adjacent to an activating group) is 1. The van der Waals surface area contributed by atoms with Crippen molar-refractivity contribution in [1.29, 1.82) is 0 Å². The molecule has 24 heavy (non-hydrogen) atoms. The lowest BCUT2D eigenvalue weighted by atomic mass is 10.1. The minimum Gasteiger partial charge on any atom is -0.368 e. The van der Waals surface area contributed by atoms with Crippen LogP contribution in [0.4, 0.5) is 0 Å². The number of primary amides is 1. The Bertz CT molecular complexity index is 801. The van der Waals surface area contributed by atoms with E-state index in [1.165, 1.54) is 0 Å². The predicted molar refractivity (Wildman–Crippen MR) is 93.9 cm³/mol. The first-order valence-electron chi connectivity index (χ1n) is 7.91. The average molecular weight is 349 g/mol. The van der Waals surface area contributed by atoms with Crippen molar-refractivity contribution >= 4 is 34.3 Å². The molecule has 2 aromatic rings. The zero-order valence-corrected chi connectivity index (χ0v) is 14.6. The molecule has 1 saturated heterocycles. The number of hydrogen-bond donors (Lipinski definition) is 2. The molecule has 2 amide bonds. The first kappa shape index (κ1) is 16.8. The van der Waals surface area contributed by atoms with E-state index >= 15 is 0 Å². The van der Waals surface area contributed by atoms with Gasteiger partial charge in [-0.05, 0) is 37.7 Å². The van der Waals surface area contributed by atoms with Crippen LogP contribution in [0.15, 0.2) is 18.2 Å². The Morgan fingerprint density at radius 2 is 2.12 bits per heavy atom. The quantitative estimate of drug-likeness (QED) is 0.877. The second-order valence-corrected chi connectivity index (χ2v) is 6.77. The molecule has 3 N–H and O–H groups in total. The fourth-order valence-electron chi connectivity index (χ4n) is 3.25. The molecule has 0 spiro atoms. The zero-order chi connectivity index (χ0) is 17.4. The molecule has 2 heterocycles. The number of carbonyl (C=O) groups is 2. The first-order valence-corrected chi connectivity index (χ1v) is 8.28. The molecule has 7 heteroatoms. The molecule has 128 valence electrons. The average Bonchev–Trinajstić information content (AvgIpc) is 2.83. The Hall–Kier alpha value is -2.05. The first-order chi connectivity index (χ1) is 11.4. The third-order valence-corrected chi connectivity index (χ3v) is 4.97. The number of carbonyl (C=O) groups excluding carboxylic acids is 2. The number of piperazine rings is 1. The molecular weight excluding hydrogens is 328 g/mol. The molecule has 1 aromatic heterocycles. The highest BCUT2D eigenvalue weighted by molar-refractivity contribution is 6.31. The summed E-state index contributed by atoms with van der Waals surface area (Å²) in [6.45, 7) is 3.53. The number of H-pyrrole nitrogens is 1. The molecular formula is C17H21ClN4O2. The van der Waals surface area contributed by atoms with Crippen LogP contribution in [0.2, 0.25) is 5.02 Å². The Balaban J connectivity index is 1.81. The number of amides is 2. The number of fused-ring (bicyclic) bond motifs is 1. The van der Waals surface area contributed by atoms with E-state index in [-0.39, 0.29) is 12.3 Å². The van der Waals surface area contributed by atoms with E-state index in [0.717, 1.165) is 22.2 Å². The van der Waals surface area contributed by atoms with Crippen molar-refractivity contribution in [3.05, 3.63) is 34.5 Å². The molecule has 1 atom stereocenters. The van der Waals surface area contributed by atoms with Gasteiger partial charge in [0.25, 0.3) is 0 Å². The van der Waals surface area contributed by atoms with Crippen LogP contribution in [0.25, 0.3) is 10.9 Å². The number of aromatic amines is 1. The minimum atomic E-state index is -0.429. The van der Waals surface area contributed by atoms with Crippen LogP contribution in [0.1, 0.15) is 11.3 Å². The van der Waals surface area contributed by atoms with Crippen molar-refractivity contribution in [1.82, 2.24) is 14.8 Å². The maximum absolute atomic E-state index is 12.7. The van der Waals surface area contributed by atoms with Crippen LogP contribution in [0, 0.1) is 6.92 Å². The number of nitrogens with one attached hydrogen (secondary N) is 1. The predicted octanol–water partition coefficient (Wildman–Crippen LogP) is 1.30. The lowest BCUT2D eigenvalue weighted by Gasteiger charge is -2.37. The highest BCUT2D eigenvalue weighted by Crippen LogP contribution is 2.26. The smallest absolute Gasteiger partial charge is 0.236 e. The number of aryl methyl sites for hydroxylation is 1. The summed E-state index contributed by atoms with van der Waals surface area (Å²) in [7, 11) is 1.85. The molecule has 1 aromatic carbocycles. The van der Waals surface area contributed by atoms with E-state index in [4.69, 9.17) is 17.3 Å². The number of halogens is 1. The van der Waals surface area contributed by atoms with Gasteiger partial charge in [0.1, 0.15) is 6.04 Å². The van der Waals surface area contributed by atoms with Crippen molar-refractivity contribution in [3.63, 3.8) is 0 Å². The van der Waals surface area contributed by atoms with Gasteiger partial charge in [-0.15, -0.1) is 0 Å². The molecule has 0 aliphatic carbocycles. The van der Waals surface area contributed by atoms with Crippen molar-refractivity contribution in [3.8, 4) is 0 Å². The van der Waals surface area contributed by atoms with Crippen LogP contribution in [0.5, 0.6) is 0 Å². The molecule has 0 radical (unpaired) electrons. The zero-order valence-electron chi connectivity index (χ0n) is 13.8. The largest absolute Gasteiger partial charge is 0.368 e. The summed E-state index contributed by atoms with van der Waals surface area (Å²) in [6, 6.07) is 5.18. The van der Waals surface area contributed by atoms with Gasteiger partial charge in [-0.25, -0.2) is 0 Å². The molecule has 3 rings (SSSR count). The van der Waals surface area contributed by atoms with Crippen LogP contribution >= 0.6 is 11.6 Å². The molecule has 1 fully saturated rings. The maximum atomic E-state index is 12.7. The van der Waals surface area contributed by atoms with E-state index in [2.05, 4.69) is 4.98 Å². The summed E-state index contributed by atoms with van der Waals surface area (Å²) in [5, 5.41) is 1.61. The molecule has 1 aliphatic rings. The standard InChI is InChI=1S/C17H21ClN4O2/c1-10-12(13-7-11(18)3-4-14(13)20-10)8-16(23)22-6-5-21(2)15(9-22)17(19)24/h3-4,7,15,20H,5-6,8-9H2,1-2H3,(H2,19,24)/t15-/m0/s1. The summed E-state index contributed by atoms with van der Waals surface area (Å²) >= 11 is 6.09. The lowest BCUT2D eigenvalue weighted by molar-refractivity contribution is -0.135. The van der Waals surface area contributed by atoms with Gasteiger partial charge >= 0.3 is 0 Å². The van der Waals surface area contributed by atoms with E-state index in [9.17, 15) is 9.59 Å². The molecule has 0 unspecified atom stereocenters. The molecule has 6 nitrogen and oxygen atoms in total. The van der Waals surface area contributed by atoms with Crippen LogP contribution in [-0.4, -0.2) is 59.3 Å². The van der Waals surface area contributed by atoms with Crippen molar-refractivity contribution in [2.24, 2.45) is 5.73 Å². The van der Waals surface area contributed by atoms with Gasteiger partial charge in [-0.2, -0.15) is 0 Å². The minimum absolute atomic E-state index is 0.00155. The number of aromatic nitrogens is 1. The lowest BCUT2D eigenvalue weighted by Crippen LogP contribution is -2.58. The molecule has 1 aliphatic heterocycles. The number of hydrogen-bond acceptors (Lipinski definition) is 3. The van der Waals surface area contributed by atoms with Crippen molar-refractivity contribution < 1.29 is 9.59 Å². The summed E-state index contributed by atoms with van der Waals surface area (Å²) in [4.78, 5) is 31.2. The second kappa shape index (κ2) is 6.45. The fourth-order valence-corrected chi connectivity index (χ4v) is 3.42. The van der Waals surface area contributed by atoms with Gasteiger partial charge in [-0.3, -0.25) is 14.5 Å². The number of benzene rings is 1. The third-order valence-electron chi connectivity index (χ3n) is 4.74. The fraction of sp³-hybridized carbons (Fsp3) is 0.412. The number of rotatable bonds is 3. The van der Waals surface area contributed by atoms with E-state index < -0.39 is 11.9 Å². The SMILES string of the molecule is Cc1[nH]c2ccc(Cl)cc2c1CC(=O)N1CCN(C)[C@H](C(N)=O)C1. The van der Waals surface area contributed by atoms with Gasteiger partial charge in [0, 0.05) is 41.3 Å². The highest BCUT2D eigenvalue weighted by atomic mass is 35.5. The Labute approximate surface area is 145 Å². The van der Waals surface area contributed by atoms with E-state index in [1.807, 2.05) is 37.1 Å². The Kier molecular flexibility index (Phi) is 4.51. The molecule has 0 saturated carbocycles. The van der Waals surface area contributed by atoms with Gasteiger partial charge in [0.05, 0.1) is 6.42 Å². The van der Waals surface area contributed by atoms with E-state index in [1.54, 1.807) is 4.90 Å². The summed E-state index contributed by atoms with van der Waals surface area (Å²) < 4.78 is 0. The van der Waals surface area contributed by atoms with Gasteiger partial charge in [0.2, 0.25) is 11.8 Å². The Morgan fingerprint density at radius 1 is 1.38 bits per heavy atom. The Morgan fingerprint density at radius 3 is 2.83 bits per heavy atom. The van der Waals surface area contributed by atoms with Gasteiger partial charge in [0.15, 0.2) is 0 Å². The van der Waals surface area contributed by atoms with Crippen LogP contribution in [0.3, 0.4) is 0 Å². The second-order valence-electron chi connectivity index (χ2n) is 6.33. The van der Waals surface area contributed by atoms with Crippen molar-refractivity contribution in [2.45, 2.75) is 19.4 Å². The summed E-state index contributed by atoms with van der Waals surface area (Å²) in [5.41, 5.74) is 8.31. The van der Waals surface area contributed by atoms with Crippen LogP contribution in [-0.2, 0) is 16.0 Å².